The number of thioether (sulfide) groups is 1. The fourth-order valence-electron chi connectivity index (χ4n) is 1.65. The largest absolute Gasteiger partial charge is 0.412 e. The number of hydrogen-bond acceptors (Lipinski definition) is 3. The topological polar surface area (TPSA) is 38.3 Å². The molecule has 0 aliphatic carbocycles. The Labute approximate surface area is 99.6 Å². The van der Waals surface area contributed by atoms with E-state index < -0.39 is 0 Å². The molecule has 1 saturated heterocycles. The second-order valence-corrected chi connectivity index (χ2v) is 4.91. The normalized spacial score (nSPS) is 20.1. The number of hydrogen-bond donors (Lipinski definition) is 1. The molecule has 0 spiro atoms. The summed E-state index contributed by atoms with van der Waals surface area (Å²) >= 11 is 1.88. The van der Waals surface area contributed by atoms with Gasteiger partial charge in [-0.25, -0.2) is 4.79 Å². The van der Waals surface area contributed by atoms with Gasteiger partial charge in [0, 0.05) is 11.8 Å². The van der Waals surface area contributed by atoms with Crippen molar-refractivity contribution < 1.29 is 9.53 Å². The fraction of sp³-hybridized carbons (Fsp3) is 0.417. The van der Waals surface area contributed by atoms with Crippen LogP contribution in [0.25, 0.3) is 0 Å². The minimum absolute atomic E-state index is 0.259. The van der Waals surface area contributed by atoms with Crippen molar-refractivity contribution in [1.82, 2.24) is 5.32 Å². The van der Waals surface area contributed by atoms with Crippen molar-refractivity contribution in [2.24, 2.45) is 0 Å². The first-order chi connectivity index (χ1) is 7.84. The number of carbonyl (C=O) groups is 1. The lowest BCUT2D eigenvalue weighted by atomic mass is 10.2. The number of amides is 1. The number of rotatable bonds is 2. The first-order valence-corrected chi connectivity index (χ1v) is 6.61. The van der Waals surface area contributed by atoms with E-state index in [-0.39, 0.29) is 12.1 Å². The van der Waals surface area contributed by atoms with E-state index in [1.54, 1.807) is 12.1 Å². The summed E-state index contributed by atoms with van der Waals surface area (Å²) in [4.78, 5) is 11.5. The maximum atomic E-state index is 11.5. The predicted molar refractivity (Wildman–Crippen MR) is 65.9 cm³/mol. The molecule has 1 aromatic carbocycles. The van der Waals surface area contributed by atoms with Gasteiger partial charge in [0.1, 0.15) is 5.75 Å². The Morgan fingerprint density at radius 2 is 2.19 bits per heavy atom. The van der Waals surface area contributed by atoms with Crippen LogP contribution in [0.4, 0.5) is 4.79 Å². The molecule has 0 radical (unpaired) electrons. The first kappa shape index (κ1) is 11.3. The molecule has 1 aliphatic heterocycles. The zero-order valence-corrected chi connectivity index (χ0v) is 9.83. The predicted octanol–water partition coefficient (Wildman–Crippen LogP) is 2.67. The van der Waals surface area contributed by atoms with E-state index in [4.69, 9.17) is 4.74 Å². The molecule has 1 fully saturated rings. The molecule has 86 valence electrons. The Hall–Kier alpha value is -1.16. The van der Waals surface area contributed by atoms with Crippen molar-refractivity contribution in [3.05, 3.63) is 30.3 Å². The lowest BCUT2D eigenvalue weighted by molar-refractivity contribution is 0.196. The highest BCUT2D eigenvalue weighted by molar-refractivity contribution is 7.99. The summed E-state index contributed by atoms with van der Waals surface area (Å²) in [7, 11) is 0. The summed E-state index contributed by atoms with van der Waals surface area (Å²) < 4.78 is 5.16. The summed E-state index contributed by atoms with van der Waals surface area (Å²) in [5.74, 6) is 2.78. The molecule has 0 bridgehead atoms. The van der Waals surface area contributed by atoms with E-state index in [0.717, 1.165) is 12.2 Å². The molecule has 1 unspecified atom stereocenters. The van der Waals surface area contributed by atoms with Crippen LogP contribution in [0.1, 0.15) is 12.8 Å². The van der Waals surface area contributed by atoms with Gasteiger partial charge in [-0.1, -0.05) is 18.2 Å². The van der Waals surface area contributed by atoms with Gasteiger partial charge in [0.2, 0.25) is 0 Å². The van der Waals surface area contributed by atoms with Gasteiger partial charge < -0.3 is 10.1 Å². The Morgan fingerprint density at radius 1 is 1.38 bits per heavy atom. The van der Waals surface area contributed by atoms with Gasteiger partial charge in [-0.15, -0.1) is 0 Å². The summed E-state index contributed by atoms with van der Waals surface area (Å²) in [6, 6.07) is 9.39. The average Bonchev–Trinajstić information content (AvgIpc) is 2.31. The van der Waals surface area contributed by atoms with Crippen LogP contribution < -0.4 is 10.1 Å². The molecule has 1 aromatic rings. The van der Waals surface area contributed by atoms with Gasteiger partial charge in [0.25, 0.3) is 0 Å². The van der Waals surface area contributed by atoms with E-state index in [9.17, 15) is 4.79 Å². The lowest BCUT2D eigenvalue weighted by Gasteiger charge is -2.21. The maximum Gasteiger partial charge on any atom is 0.412 e. The molecule has 1 N–H and O–H groups in total. The molecule has 2 rings (SSSR count). The van der Waals surface area contributed by atoms with Gasteiger partial charge in [-0.05, 0) is 30.7 Å². The van der Waals surface area contributed by atoms with E-state index in [1.807, 2.05) is 30.0 Å². The third kappa shape index (κ3) is 3.45. The second-order valence-electron chi connectivity index (χ2n) is 3.76. The SMILES string of the molecule is O=C(NC1CCCSC1)Oc1ccccc1. The van der Waals surface area contributed by atoms with Crippen LogP contribution in [0.5, 0.6) is 5.75 Å². The van der Waals surface area contributed by atoms with Crippen molar-refractivity contribution >= 4 is 17.9 Å². The maximum absolute atomic E-state index is 11.5. The van der Waals surface area contributed by atoms with Gasteiger partial charge in [0.15, 0.2) is 0 Å². The monoisotopic (exact) mass is 237 g/mol. The fourth-order valence-corrected chi connectivity index (χ4v) is 2.72. The van der Waals surface area contributed by atoms with Gasteiger partial charge in [-0.2, -0.15) is 11.8 Å². The van der Waals surface area contributed by atoms with Gasteiger partial charge in [0.05, 0.1) is 0 Å². The highest BCUT2D eigenvalue weighted by atomic mass is 32.2. The molecule has 3 nitrogen and oxygen atoms in total. The molecular formula is C12H15NO2S. The molecule has 0 aromatic heterocycles. The van der Waals surface area contributed by atoms with Crippen molar-refractivity contribution in [1.29, 1.82) is 0 Å². The molecule has 1 heterocycles. The lowest BCUT2D eigenvalue weighted by Crippen LogP contribution is -2.39. The van der Waals surface area contributed by atoms with Crippen LogP contribution in [-0.2, 0) is 0 Å². The van der Waals surface area contributed by atoms with E-state index in [1.165, 1.54) is 12.2 Å². The third-order valence-electron chi connectivity index (χ3n) is 2.44. The third-order valence-corrected chi connectivity index (χ3v) is 3.65. The second kappa shape index (κ2) is 5.80. The van der Waals surface area contributed by atoms with Crippen molar-refractivity contribution in [3.63, 3.8) is 0 Å². The highest BCUT2D eigenvalue weighted by Gasteiger charge is 2.16. The van der Waals surface area contributed by atoms with Crippen molar-refractivity contribution in [3.8, 4) is 5.75 Å². The standard InChI is InChI=1S/C12H15NO2S/c14-12(13-10-5-4-8-16-9-10)15-11-6-2-1-3-7-11/h1-3,6-7,10H,4-5,8-9H2,(H,13,14). The quantitative estimate of drug-likeness (QED) is 0.859. The zero-order valence-electron chi connectivity index (χ0n) is 9.02. The summed E-state index contributed by atoms with van der Waals surface area (Å²) in [5, 5.41) is 2.89. The first-order valence-electron chi connectivity index (χ1n) is 5.46. The van der Waals surface area contributed by atoms with Crippen LogP contribution >= 0.6 is 11.8 Å². The van der Waals surface area contributed by atoms with Crippen LogP contribution in [0.2, 0.25) is 0 Å². The number of ether oxygens (including phenoxy) is 1. The van der Waals surface area contributed by atoms with Crippen molar-refractivity contribution in [2.75, 3.05) is 11.5 Å². The number of benzene rings is 1. The Morgan fingerprint density at radius 3 is 2.88 bits per heavy atom. The Balaban J connectivity index is 1.80. The number of para-hydroxylation sites is 1. The van der Waals surface area contributed by atoms with Crippen molar-refractivity contribution in [2.45, 2.75) is 18.9 Å². The highest BCUT2D eigenvalue weighted by Crippen LogP contribution is 2.17. The van der Waals surface area contributed by atoms with Crippen LogP contribution in [0.15, 0.2) is 30.3 Å². The summed E-state index contributed by atoms with van der Waals surface area (Å²) in [6.45, 7) is 0. The van der Waals surface area contributed by atoms with E-state index in [2.05, 4.69) is 5.32 Å². The average molecular weight is 237 g/mol. The number of nitrogens with one attached hydrogen (secondary N) is 1. The van der Waals surface area contributed by atoms with E-state index >= 15 is 0 Å². The smallest absolute Gasteiger partial charge is 0.410 e. The van der Waals surface area contributed by atoms with E-state index in [0.29, 0.717) is 5.75 Å². The Kier molecular flexibility index (Phi) is 4.10. The summed E-state index contributed by atoms with van der Waals surface area (Å²) in [6.07, 6.45) is 1.87. The number of carbonyl (C=O) groups excluding carboxylic acids is 1. The molecule has 1 aliphatic rings. The van der Waals surface area contributed by atoms with Gasteiger partial charge >= 0.3 is 6.09 Å². The minimum Gasteiger partial charge on any atom is -0.410 e. The molecule has 0 saturated carbocycles. The Bertz CT molecular complexity index is 336. The molecule has 16 heavy (non-hydrogen) atoms. The molecule has 1 amide bonds. The minimum atomic E-state index is -0.348. The van der Waals surface area contributed by atoms with Crippen LogP contribution in [-0.4, -0.2) is 23.6 Å². The molecule has 1 atom stereocenters. The van der Waals surface area contributed by atoms with Gasteiger partial charge in [-0.3, -0.25) is 0 Å². The summed E-state index contributed by atoms with van der Waals surface area (Å²) in [5.41, 5.74) is 0. The van der Waals surface area contributed by atoms with Crippen LogP contribution in [0.3, 0.4) is 0 Å². The zero-order chi connectivity index (χ0) is 11.2. The van der Waals surface area contributed by atoms with Crippen LogP contribution in [0, 0.1) is 0 Å². The molecule has 4 heteroatoms. The molecular weight excluding hydrogens is 222 g/mol.